The van der Waals surface area contributed by atoms with Gasteiger partial charge in [-0.2, -0.15) is 0 Å². The largest absolute Gasteiger partial charge is 0.337 e. The molecule has 17 heavy (non-hydrogen) atoms. The number of hydrogen-bond acceptors (Lipinski definition) is 1. The summed E-state index contributed by atoms with van der Waals surface area (Å²) in [6, 6.07) is 19.0. The van der Waals surface area contributed by atoms with Gasteiger partial charge in [-0.05, 0) is 23.8 Å². The minimum absolute atomic E-state index is 0. The zero-order chi connectivity index (χ0) is 10.8. The standard InChI is InChI=1S/C15H13N.Ir/c1-2-9-14(10-3-1)16-12-6-8-13-7-4-5-11-15(13)16;/h1-11H,12H2;. The van der Waals surface area contributed by atoms with E-state index in [1.54, 1.807) is 0 Å². The second-order valence-corrected chi connectivity index (χ2v) is 3.91. The van der Waals surface area contributed by atoms with Crippen LogP contribution in [0.3, 0.4) is 0 Å². The van der Waals surface area contributed by atoms with Crippen LogP contribution in [-0.2, 0) is 20.1 Å². The molecule has 0 unspecified atom stereocenters. The summed E-state index contributed by atoms with van der Waals surface area (Å²) in [5, 5.41) is 0. The van der Waals surface area contributed by atoms with Gasteiger partial charge >= 0.3 is 0 Å². The molecule has 2 aromatic carbocycles. The molecule has 1 nitrogen and oxygen atoms in total. The molecule has 0 atom stereocenters. The molecule has 2 aromatic rings. The first-order chi connectivity index (χ1) is 7.95. The van der Waals surface area contributed by atoms with Crippen molar-refractivity contribution in [2.24, 2.45) is 0 Å². The maximum Gasteiger partial charge on any atom is 0.0487 e. The van der Waals surface area contributed by atoms with Crippen LogP contribution < -0.4 is 4.90 Å². The molecule has 0 bridgehead atoms. The Hall–Kier alpha value is -1.37. The van der Waals surface area contributed by atoms with Crippen molar-refractivity contribution in [3.05, 3.63) is 66.2 Å². The van der Waals surface area contributed by atoms with Gasteiger partial charge in [0.1, 0.15) is 0 Å². The van der Waals surface area contributed by atoms with Crippen LogP contribution in [0.1, 0.15) is 5.56 Å². The first kappa shape index (κ1) is 12.1. The van der Waals surface area contributed by atoms with Crippen LogP contribution in [-0.4, -0.2) is 6.54 Å². The van der Waals surface area contributed by atoms with Gasteiger partial charge in [-0.3, -0.25) is 0 Å². The Morgan fingerprint density at radius 3 is 2.35 bits per heavy atom. The molecule has 1 aliphatic heterocycles. The first-order valence-electron chi connectivity index (χ1n) is 5.53. The zero-order valence-corrected chi connectivity index (χ0v) is 11.7. The molecule has 0 amide bonds. The average Bonchev–Trinajstić information content (AvgIpc) is 2.39. The van der Waals surface area contributed by atoms with E-state index < -0.39 is 0 Å². The fourth-order valence-electron chi connectivity index (χ4n) is 2.11. The molecule has 1 aliphatic rings. The summed E-state index contributed by atoms with van der Waals surface area (Å²) in [4.78, 5) is 2.33. The predicted molar refractivity (Wildman–Crippen MR) is 68.9 cm³/mol. The van der Waals surface area contributed by atoms with Crippen molar-refractivity contribution >= 4 is 17.5 Å². The molecular formula is C15H13IrN. The van der Waals surface area contributed by atoms with Gasteiger partial charge in [-0.15, -0.1) is 0 Å². The van der Waals surface area contributed by atoms with E-state index in [1.165, 1.54) is 16.9 Å². The summed E-state index contributed by atoms with van der Waals surface area (Å²) in [6.45, 7) is 0.945. The smallest absolute Gasteiger partial charge is 0.0487 e. The predicted octanol–water partition coefficient (Wildman–Crippen LogP) is 3.85. The Morgan fingerprint density at radius 1 is 0.824 bits per heavy atom. The molecule has 0 spiro atoms. The van der Waals surface area contributed by atoms with Crippen LogP contribution in [0.2, 0.25) is 0 Å². The van der Waals surface area contributed by atoms with E-state index in [9.17, 15) is 0 Å². The summed E-state index contributed by atoms with van der Waals surface area (Å²) in [5.41, 5.74) is 3.83. The maximum atomic E-state index is 2.33. The minimum atomic E-state index is 0. The zero-order valence-electron chi connectivity index (χ0n) is 9.34. The average molecular weight is 399 g/mol. The Bertz CT molecular complexity index is 519. The van der Waals surface area contributed by atoms with E-state index in [1.807, 2.05) is 0 Å². The molecule has 1 radical (unpaired) electrons. The third-order valence-corrected chi connectivity index (χ3v) is 2.88. The number of hydrogen-bond donors (Lipinski definition) is 0. The van der Waals surface area contributed by atoms with Crippen molar-refractivity contribution in [1.82, 2.24) is 0 Å². The maximum absolute atomic E-state index is 2.33. The molecule has 0 saturated carbocycles. The van der Waals surface area contributed by atoms with Crippen molar-refractivity contribution < 1.29 is 20.1 Å². The van der Waals surface area contributed by atoms with Crippen molar-refractivity contribution in [3.63, 3.8) is 0 Å². The van der Waals surface area contributed by atoms with Crippen LogP contribution in [0.25, 0.3) is 6.08 Å². The van der Waals surface area contributed by atoms with E-state index in [2.05, 4.69) is 71.6 Å². The van der Waals surface area contributed by atoms with Gasteiger partial charge in [-0.25, -0.2) is 0 Å². The van der Waals surface area contributed by atoms with Gasteiger partial charge in [0, 0.05) is 38.0 Å². The van der Waals surface area contributed by atoms with E-state index in [4.69, 9.17) is 0 Å². The topological polar surface area (TPSA) is 3.24 Å². The Labute approximate surface area is 115 Å². The Morgan fingerprint density at radius 2 is 1.53 bits per heavy atom. The number of rotatable bonds is 1. The molecule has 0 saturated heterocycles. The number of para-hydroxylation sites is 2. The summed E-state index contributed by atoms with van der Waals surface area (Å²) in [5.74, 6) is 0. The molecule has 1 heterocycles. The van der Waals surface area contributed by atoms with E-state index >= 15 is 0 Å². The number of anilines is 2. The molecule has 87 valence electrons. The molecule has 0 N–H and O–H groups in total. The molecular weight excluding hydrogens is 386 g/mol. The SMILES string of the molecule is C1=Cc2ccccc2N(c2ccccc2)C1.[Ir]. The fraction of sp³-hybridized carbons (Fsp3) is 0.0667. The number of nitrogens with zero attached hydrogens (tertiary/aromatic N) is 1. The second kappa shape index (κ2) is 5.31. The molecule has 0 fully saturated rings. The summed E-state index contributed by atoms with van der Waals surface area (Å²) < 4.78 is 0. The van der Waals surface area contributed by atoms with Crippen LogP contribution in [0.15, 0.2) is 60.7 Å². The van der Waals surface area contributed by atoms with Crippen molar-refractivity contribution in [2.75, 3.05) is 11.4 Å². The minimum Gasteiger partial charge on any atom is -0.337 e. The first-order valence-corrected chi connectivity index (χ1v) is 5.53. The van der Waals surface area contributed by atoms with Crippen LogP contribution in [0, 0.1) is 0 Å². The van der Waals surface area contributed by atoms with Gasteiger partial charge in [0.15, 0.2) is 0 Å². The fourth-order valence-corrected chi connectivity index (χ4v) is 2.11. The third kappa shape index (κ3) is 2.33. The van der Waals surface area contributed by atoms with Crippen LogP contribution in [0.4, 0.5) is 11.4 Å². The van der Waals surface area contributed by atoms with E-state index in [-0.39, 0.29) is 20.1 Å². The van der Waals surface area contributed by atoms with Gasteiger partial charge in [0.25, 0.3) is 0 Å². The normalized spacial score (nSPS) is 12.8. The van der Waals surface area contributed by atoms with Crippen molar-refractivity contribution in [2.45, 2.75) is 0 Å². The van der Waals surface area contributed by atoms with Crippen LogP contribution >= 0.6 is 0 Å². The second-order valence-electron chi connectivity index (χ2n) is 3.91. The monoisotopic (exact) mass is 400 g/mol. The van der Waals surface area contributed by atoms with Gasteiger partial charge in [0.05, 0.1) is 0 Å². The Kier molecular flexibility index (Phi) is 3.78. The van der Waals surface area contributed by atoms with E-state index in [0.717, 1.165) is 6.54 Å². The number of benzene rings is 2. The molecule has 0 aliphatic carbocycles. The third-order valence-electron chi connectivity index (χ3n) is 2.88. The Balaban J connectivity index is 0.00000108. The molecule has 2 heteroatoms. The molecule has 3 rings (SSSR count). The van der Waals surface area contributed by atoms with Gasteiger partial charge < -0.3 is 4.90 Å². The number of fused-ring (bicyclic) bond motifs is 1. The molecule has 0 aromatic heterocycles. The van der Waals surface area contributed by atoms with Gasteiger partial charge in [0.2, 0.25) is 0 Å². The summed E-state index contributed by atoms with van der Waals surface area (Å²) in [6.07, 6.45) is 4.39. The summed E-state index contributed by atoms with van der Waals surface area (Å²) in [7, 11) is 0. The van der Waals surface area contributed by atoms with E-state index in [0.29, 0.717) is 0 Å². The van der Waals surface area contributed by atoms with Crippen molar-refractivity contribution in [3.8, 4) is 0 Å². The van der Waals surface area contributed by atoms with Crippen LogP contribution in [0.5, 0.6) is 0 Å². The quantitative estimate of drug-likeness (QED) is 0.704. The van der Waals surface area contributed by atoms with Gasteiger partial charge in [-0.1, -0.05) is 48.6 Å². The van der Waals surface area contributed by atoms with Crippen molar-refractivity contribution in [1.29, 1.82) is 0 Å². The summed E-state index contributed by atoms with van der Waals surface area (Å²) >= 11 is 0.